The lowest BCUT2D eigenvalue weighted by Gasteiger charge is -2.26. The van der Waals surface area contributed by atoms with E-state index in [4.69, 9.17) is 18.6 Å². The molecule has 1 saturated heterocycles. The molecule has 182 valence electrons. The van der Waals surface area contributed by atoms with Crippen molar-refractivity contribution >= 4 is 29.2 Å². The van der Waals surface area contributed by atoms with Crippen LogP contribution in [0.5, 0.6) is 0 Å². The maximum Gasteiger partial charge on any atom is 0.317 e. The molecule has 36 heavy (non-hydrogen) atoms. The average molecular weight is 486 g/mol. The van der Waals surface area contributed by atoms with E-state index in [2.05, 4.69) is 25.8 Å². The fourth-order valence-electron chi connectivity index (χ4n) is 4.21. The molecule has 2 aromatic heterocycles. The van der Waals surface area contributed by atoms with E-state index in [-0.39, 0.29) is 17.8 Å². The van der Waals surface area contributed by atoms with E-state index in [0.717, 1.165) is 11.1 Å². The molecule has 11 heteroatoms. The highest BCUT2D eigenvalue weighted by Crippen LogP contribution is 2.32. The van der Waals surface area contributed by atoms with Gasteiger partial charge in [-0.15, -0.1) is 5.10 Å². The highest BCUT2D eigenvalue weighted by molar-refractivity contribution is 6.19. The molecule has 0 saturated carbocycles. The summed E-state index contributed by atoms with van der Waals surface area (Å²) in [6.07, 6.45) is -1.00. The largest absolute Gasteiger partial charge is 0.425 e. The number of hydrogen-bond donors (Lipinski definition) is 2. The van der Waals surface area contributed by atoms with Gasteiger partial charge in [-0.1, -0.05) is 53.6 Å². The van der Waals surface area contributed by atoms with Gasteiger partial charge in [-0.3, -0.25) is 4.79 Å². The molecule has 11 nitrogen and oxygen atoms in total. The maximum atomic E-state index is 13.1. The first-order valence-corrected chi connectivity index (χ1v) is 11.6. The molecule has 0 radical (unpaired) electrons. The Balaban J connectivity index is 1.31. The summed E-state index contributed by atoms with van der Waals surface area (Å²) >= 11 is 0. The summed E-state index contributed by atoms with van der Waals surface area (Å²) in [5, 5.41) is 14.1. The Labute approximate surface area is 206 Å². The number of benzene rings is 2. The van der Waals surface area contributed by atoms with Crippen molar-refractivity contribution in [1.82, 2.24) is 15.2 Å². The average Bonchev–Trinajstić information content (AvgIpc) is 3.51. The van der Waals surface area contributed by atoms with Gasteiger partial charge in [0.25, 0.3) is 11.8 Å². The number of rotatable bonds is 5. The lowest BCUT2D eigenvalue weighted by Crippen LogP contribution is -2.36. The molecular formula is C25H23N7O4. The van der Waals surface area contributed by atoms with Crippen LogP contribution in [-0.2, 0) is 9.53 Å². The van der Waals surface area contributed by atoms with Gasteiger partial charge in [-0.25, -0.2) is 9.98 Å². The Morgan fingerprint density at radius 1 is 1.00 bits per heavy atom. The Morgan fingerprint density at radius 3 is 2.61 bits per heavy atom. The third-order valence-corrected chi connectivity index (χ3v) is 5.90. The number of morpholine rings is 1. The number of carbonyl (C=O) groups is 1. The molecule has 0 aliphatic carbocycles. The van der Waals surface area contributed by atoms with Crippen LogP contribution in [0.15, 0.2) is 68.4 Å². The van der Waals surface area contributed by atoms with E-state index in [1.54, 1.807) is 6.92 Å². The summed E-state index contributed by atoms with van der Waals surface area (Å²) in [7, 11) is 0. The molecule has 4 aromatic rings. The molecule has 2 aliphatic rings. The fourth-order valence-corrected chi connectivity index (χ4v) is 4.21. The number of fused-ring (bicyclic) bond motifs is 1. The first-order valence-electron chi connectivity index (χ1n) is 11.6. The number of benzodiazepines with no additional fused rings is 1. The van der Waals surface area contributed by atoms with Crippen LogP contribution in [-0.4, -0.2) is 59.3 Å². The number of nitrogens with zero attached hydrogens (tertiary/aromatic N) is 5. The van der Waals surface area contributed by atoms with Gasteiger partial charge in [-0.05, 0) is 6.07 Å². The third kappa shape index (κ3) is 4.20. The first-order chi connectivity index (χ1) is 17.7. The third-order valence-electron chi connectivity index (χ3n) is 5.90. The van der Waals surface area contributed by atoms with Crippen LogP contribution >= 0.6 is 0 Å². The van der Waals surface area contributed by atoms with Crippen molar-refractivity contribution in [2.45, 2.75) is 13.1 Å². The van der Waals surface area contributed by atoms with Gasteiger partial charge in [0.1, 0.15) is 0 Å². The number of hydrogen-bond acceptors (Lipinski definition) is 10. The van der Waals surface area contributed by atoms with E-state index in [1.165, 1.54) is 0 Å². The van der Waals surface area contributed by atoms with Crippen molar-refractivity contribution in [1.29, 1.82) is 0 Å². The van der Waals surface area contributed by atoms with Gasteiger partial charge in [0.15, 0.2) is 11.6 Å². The molecule has 2 aromatic carbocycles. The molecule has 1 amide bonds. The van der Waals surface area contributed by atoms with Crippen LogP contribution < -0.4 is 15.5 Å². The van der Waals surface area contributed by atoms with E-state index >= 15 is 0 Å². The van der Waals surface area contributed by atoms with Crippen molar-refractivity contribution in [3.8, 4) is 11.6 Å². The van der Waals surface area contributed by atoms with E-state index in [1.807, 2.05) is 59.5 Å². The molecule has 2 aliphatic heterocycles. The zero-order chi connectivity index (χ0) is 24.5. The van der Waals surface area contributed by atoms with Crippen molar-refractivity contribution in [3.05, 3.63) is 71.6 Å². The van der Waals surface area contributed by atoms with Gasteiger partial charge in [0.2, 0.25) is 12.0 Å². The lowest BCUT2D eigenvalue weighted by atomic mass is 10.0. The number of para-hydroxylation sites is 1. The minimum Gasteiger partial charge on any atom is -0.425 e. The first kappa shape index (κ1) is 22.0. The van der Waals surface area contributed by atoms with Gasteiger partial charge in [0.05, 0.1) is 24.6 Å². The smallest absolute Gasteiger partial charge is 0.317 e. The monoisotopic (exact) mass is 485 g/mol. The predicted molar refractivity (Wildman–Crippen MR) is 132 cm³/mol. The molecule has 0 bridgehead atoms. The number of oxazole rings is 1. The van der Waals surface area contributed by atoms with Gasteiger partial charge in [0, 0.05) is 31.1 Å². The van der Waals surface area contributed by atoms with E-state index in [9.17, 15) is 4.79 Å². The van der Waals surface area contributed by atoms with E-state index in [0.29, 0.717) is 55.2 Å². The Bertz CT molecular complexity index is 1420. The Kier molecular flexibility index (Phi) is 5.66. The van der Waals surface area contributed by atoms with Crippen LogP contribution in [0.3, 0.4) is 0 Å². The summed E-state index contributed by atoms with van der Waals surface area (Å²) in [6.45, 7) is 4.28. The summed E-state index contributed by atoms with van der Waals surface area (Å²) in [5.41, 5.74) is 3.49. The standard InChI is InChI=1S/C25H23N7O4/c1-15-26-20(24(35-15)32-11-13-34-14-12-32)23-30-31-25(36-23)29-21-22(33)27-18-10-6-5-9-17(18)19(28-21)16-7-3-2-4-8-16/h2-10,21H,11-14H2,1H3,(H,27,33)(H,29,31)/t21-/m1/s1. The number of aryl methyl sites for hydroxylation is 1. The number of aromatic nitrogens is 3. The predicted octanol–water partition coefficient (Wildman–Crippen LogP) is 3.10. The zero-order valence-electron chi connectivity index (χ0n) is 19.5. The minimum absolute atomic E-state index is 0.0425. The summed E-state index contributed by atoms with van der Waals surface area (Å²) in [6, 6.07) is 17.3. The molecule has 1 atom stereocenters. The quantitative estimate of drug-likeness (QED) is 0.438. The second-order valence-electron chi connectivity index (χ2n) is 8.32. The van der Waals surface area contributed by atoms with Crippen LogP contribution in [0.25, 0.3) is 11.6 Å². The highest BCUT2D eigenvalue weighted by Gasteiger charge is 2.29. The fraction of sp³-hybridized carbons (Fsp3) is 0.240. The highest BCUT2D eigenvalue weighted by atomic mass is 16.5. The SMILES string of the molecule is Cc1nc(-c2nnc(N[C@H]3N=C(c4ccccc4)c4ccccc4NC3=O)o2)c(N2CCOCC2)o1. The second kappa shape index (κ2) is 9.27. The van der Waals surface area contributed by atoms with Gasteiger partial charge < -0.3 is 29.1 Å². The van der Waals surface area contributed by atoms with Crippen LogP contribution in [0.2, 0.25) is 0 Å². The number of anilines is 3. The van der Waals surface area contributed by atoms with Crippen LogP contribution in [0.4, 0.5) is 17.6 Å². The molecular weight excluding hydrogens is 462 g/mol. The van der Waals surface area contributed by atoms with Crippen molar-refractivity contribution in [2.24, 2.45) is 4.99 Å². The normalized spacial score (nSPS) is 17.7. The van der Waals surface area contributed by atoms with Gasteiger partial charge in [-0.2, -0.15) is 0 Å². The van der Waals surface area contributed by atoms with E-state index < -0.39 is 6.17 Å². The second-order valence-corrected chi connectivity index (χ2v) is 8.32. The van der Waals surface area contributed by atoms with Crippen molar-refractivity contribution in [2.75, 3.05) is 41.8 Å². The molecule has 4 heterocycles. The Morgan fingerprint density at radius 2 is 1.78 bits per heavy atom. The minimum atomic E-state index is -1.00. The Hall–Kier alpha value is -4.51. The summed E-state index contributed by atoms with van der Waals surface area (Å²) < 4.78 is 17.1. The molecule has 0 spiro atoms. The number of amides is 1. The number of ether oxygens (including phenoxy) is 1. The summed E-state index contributed by atoms with van der Waals surface area (Å²) in [5.74, 6) is 0.870. The summed E-state index contributed by atoms with van der Waals surface area (Å²) in [4.78, 5) is 24.3. The number of carbonyl (C=O) groups excluding carboxylic acids is 1. The molecule has 6 rings (SSSR count). The lowest BCUT2D eigenvalue weighted by molar-refractivity contribution is -0.116. The number of aliphatic imine (C=N–C) groups is 1. The molecule has 1 fully saturated rings. The number of nitrogens with one attached hydrogen (secondary N) is 2. The van der Waals surface area contributed by atoms with Crippen molar-refractivity contribution in [3.63, 3.8) is 0 Å². The molecule has 2 N–H and O–H groups in total. The van der Waals surface area contributed by atoms with Crippen LogP contribution in [0.1, 0.15) is 17.0 Å². The zero-order valence-corrected chi connectivity index (χ0v) is 19.5. The van der Waals surface area contributed by atoms with Crippen molar-refractivity contribution < 1.29 is 18.4 Å². The van der Waals surface area contributed by atoms with Gasteiger partial charge >= 0.3 is 6.01 Å². The molecule has 0 unspecified atom stereocenters. The maximum absolute atomic E-state index is 13.1. The van der Waals surface area contributed by atoms with Crippen LogP contribution in [0, 0.1) is 6.92 Å². The topological polar surface area (TPSA) is 131 Å².